The van der Waals surface area contributed by atoms with Crippen molar-refractivity contribution in [3.63, 3.8) is 0 Å². The summed E-state index contributed by atoms with van der Waals surface area (Å²) in [6, 6.07) is 11.0. The Morgan fingerprint density at radius 3 is 2.31 bits per heavy atom. The van der Waals surface area contributed by atoms with Gasteiger partial charge in [-0.1, -0.05) is 30.3 Å². The highest BCUT2D eigenvalue weighted by atomic mass is 14.5. The molecular formula is C15H23N. The standard InChI is InChI=1S/C15H23N/c16-12-4-5-13-8-10-15(11-9-13)14-6-2-1-3-7-14/h1-3,6-7,13,15H,4-5,8-12,16H2. The molecule has 1 aliphatic carbocycles. The molecule has 1 heteroatoms. The van der Waals surface area contributed by atoms with E-state index in [2.05, 4.69) is 30.3 Å². The Bertz CT molecular complexity index is 286. The first-order valence-corrected chi connectivity index (χ1v) is 6.65. The Morgan fingerprint density at radius 2 is 1.69 bits per heavy atom. The molecule has 1 aliphatic rings. The fourth-order valence-corrected chi connectivity index (χ4v) is 2.92. The minimum atomic E-state index is 0.815. The summed E-state index contributed by atoms with van der Waals surface area (Å²) in [5.74, 6) is 1.76. The average molecular weight is 217 g/mol. The number of benzene rings is 1. The summed E-state index contributed by atoms with van der Waals surface area (Å²) in [4.78, 5) is 0. The fourth-order valence-electron chi connectivity index (χ4n) is 2.92. The van der Waals surface area contributed by atoms with Gasteiger partial charge in [0.15, 0.2) is 0 Å². The average Bonchev–Trinajstić information content (AvgIpc) is 2.38. The predicted molar refractivity (Wildman–Crippen MR) is 69.4 cm³/mol. The molecular weight excluding hydrogens is 194 g/mol. The first-order chi connectivity index (χ1) is 7.90. The molecule has 1 aromatic rings. The van der Waals surface area contributed by atoms with Crippen LogP contribution in [0.25, 0.3) is 0 Å². The van der Waals surface area contributed by atoms with E-state index >= 15 is 0 Å². The van der Waals surface area contributed by atoms with Gasteiger partial charge >= 0.3 is 0 Å². The lowest BCUT2D eigenvalue weighted by molar-refractivity contribution is 0.306. The van der Waals surface area contributed by atoms with Crippen LogP contribution >= 0.6 is 0 Å². The second kappa shape index (κ2) is 6.05. The molecule has 0 amide bonds. The van der Waals surface area contributed by atoms with Crippen LogP contribution in [-0.4, -0.2) is 6.54 Å². The van der Waals surface area contributed by atoms with Crippen molar-refractivity contribution < 1.29 is 0 Å². The smallest absolute Gasteiger partial charge is 0.00772 e. The zero-order valence-corrected chi connectivity index (χ0v) is 10.1. The third kappa shape index (κ3) is 3.08. The summed E-state index contributed by atoms with van der Waals surface area (Å²) in [6.07, 6.45) is 8.11. The molecule has 2 rings (SSSR count). The molecule has 16 heavy (non-hydrogen) atoms. The van der Waals surface area contributed by atoms with Gasteiger partial charge in [-0.15, -0.1) is 0 Å². The molecule has 1 aromatic carbocycles. The highest BCUT2D eigenvalue weighted by molar-refractivity contribution is 5.19. The second-order valence-electron chi connectivity index (χ2n) is 5.06. The van der Waals surface area contributed by atoms with E-state index in [1.54, 1.807) is 5.56 Å². The van der Waals surface area contributed by atoms with E-state index in [0.717, 1.165) is 18.4 Å². The van der Waals surface area contributed by atoms with Crippen molar-refractivity contribution in [1.82, 2.24) is 0 Å². The maximum atomic E-state index is 5.56. The van der Waals surface area contributed by atoms with E-state index in [1.807, 2.05) is 0 Å². The summed E-state index contributed by atoms with van der Waals surface area (Å²) >= 11 is 0. The van der Waals surface area contributed by atoms with Crippen LogP contribution in [-0.2, 0) is 0 Å². The van der Waals surface area contributed by atoms with E-state index < -0.39 is 0 Å². The van der Waals surface area contributed by atoms with Gasteiger partial charge < -0.3 is 5.73 Å². The van der Waals surface area contributed by atoms with Crippen molar-refractivity contribution >= 4 is 0 Å². The largest absolute Gasteiger partial charge is 0.330 e. The number of hydrogen-bond donors (Lipinski definition) is 1. The van der Waals surface area contributed by atoms with Gasteiger partial charge in [0, 0.05) is 0 Å². The van der Waals surface area contributed by atoms with Crippen molar-refractivity contribution in [2.24, 2.45) is 11.7 Å². The highest BCUT2D eigenvalue weighted by Crippen LogP contribution is 2.37. The number of rotatable bonds is 4. The molecule has 0 heterocycles. The van der Waals surface area contributed by atoms with Crippen molar-refractivity contribution in [3.05, 3.63) is 35.9 Å². The zero-order chi connectivity index (χ0) is 11.2. The van der Waals surface area contributed by atoms with E-state index in [4.69, 9.17) is 5.73 Å². The van der Waals surface area contributed by atoms with Gasteiger partial charge in [0.2, 0.25) is 0 Å². The molecule has 2 N–H and O–H groups in total. The minimum Gasteiger partial charge on any atom is -0.330 e. The van der Waals surface area contributed by atoms with Crippen LogP contribution in [0, 0.1) is 5.92 Å². The third-order valence-corrected chi connectivity index (χ3v) is 3.93. The lowest BCUT2D eigenvalue weighted by Crippen LogP contribution is -2.14. The predicted octanol–water partition coefficient (Wildman–Crippen LogP) is 3.70. The summed E-state index contributed by atoms with van der Waals surface area (Å²) in [5.41, 5.74) is 7.11. The summed E-state index contributed by atoms with van der Waals surface area (Å²) in [6.45, 7) is 0.860. The van der Waals surface area contributed by atoms with Crippen LogP contribution in [0.3, 0.4) is 0 Å². The lowest BCUT2D eigenvalue weighted by atomic mass is 9.77. The van der Waals surface area contributed by atoms with Crippen LogP contribution < -0.4 is 5.73 Å². The summed E-state index contributed by atoms with van der Waals surface area (Å²) in [7, 11) is 0. The molecule has 0 saturated heterocycles. The zero-order valence-electron chi connectivity index (χ0n) is 10.1. The third-order valence-electron chi connectivity index (χ3n) is 3.93. The molecule has 0 aliphatic heterocycles. The van der Waals surface area contributed by atoms with Gasteiger partial charge in [0.25, 0.3) is 0 Å². The maximum absolute atomic E-state index is 5.56. The Labute approximate surface area is 99.0 Å². The van der Waals surface area contributed by atoms with E-state index in [1.165, 1.54) is 38.5 Å². The van der Waals surface area contributed by atoms with Gasteiger partial charge in [-0.3, -0.25) is 0 Å². The van der Waals surface area contributed by atoms with Crippen molar-refractivity contribution in [1.29, 1.82) is 0 Å². The quantitative estimate of drug-likeness (QED) is 0.817. The molecule has 0 bridgehead atoms. The normalized spacial score (nSPS) is 25.6. The van der Waals surface area contributed by atoms with Gasteiger partial charge in [-0.25, -0.2) is 0 Å². The van der Waals surface area contributed by atoms with Crippen LogP contribution in [0.2, 0.25) is 0 Å². The molecule has 0 aromatic heterocycles. The Hall–Kier alpha value is -0.820. The number of nitrogens with two attached hydrogens (primary N) is 1. The Morgan fingerprint density at radius 1 is 1.00 bits per heavy atom. The molecule has 1 saturated carbocycles. The van der Waals surface area contributed by atoms with Crippen LogP contribution in [0.15, 0.2) is 30.3 Å². The molecule has 88 valence electrons. The molecule has 1 fully saturated rings. The topological polar surface area (TPSA) is 26.0 Å². The summed E-state index contributed by atoms with van der Waals surface area (Å²) in [5, 5.41) is 0. The second-order valence-corrected chi connectivity index (χ2v) is 5.06. The van der Waals surface area contributed by atoms with Crippen LogP contribution in [0.1, 0.15) is 50.0 Å². The highest BCUT2D eigenvalue weighted by Gasteiger charge is 2.21. The van der Waals surface area contributed by atoms with E-state index in [9.17, 15) is 0 Å². The Balaban J connectivity index is 1.81. The van der Waals surface area contributed by atoms with Crippen LogP contribution in [0.4, 0.5) is 0 Å². The molecule has 0 radical (unpaired) electrons. The molecule has 0 spiro atoms. The van der Waals surface area contributed by atoms with E-state index in [-0.39, 0.29) is 0 Å². The van der Waals surface area contributed by atoms with Crippen molar-refractivity contribution in [2.45, 2.75) is 44.4 Å². The minimum absolute atomic E-state index is 0.815. The first kappa shape index (κ1) is 11.7. The van der Waals surface area contributed by atoms with Gasteiger partial charge in [-0.05, 0) is 62.5 Å². The number of hydrogen-bond acceptors (Lipinski definition) is 1. The monoisotopic (exact) mass is 217 g/mol. The first-order valence-electron chi connectivity index (χ1n) is 6.65. The summed E-state index contributed by atoms with van der Waals surface area (Å²) < 4.78 is 0. The fraction of sp³-hybridized carbons (Fsp3) is 0.600. The lowest BCUT2D eigenvalue weighted by Gasteiger charge is -2.28. The molecule has 0 atom stereocenters. The molecule has 1 nitrogen and oxygen atoms in total. The van der Waals surface area contributed by atoms with Crippen molar-refractivity contribution in [3.8, 4) is 0 Å². The van der Waals surface area contributed by atoms with Gasteiger partial charge in [-0.2, -0.15) is 0 Å². The van der Waals surface area contributed by atoms with Gasteiger partial charge in [0.1, 0.15) is 0 Å². The Kier molecular flexibility index (Phi) is 4.41. The van der Waals surface area contributed by atoms with E-state index in [0.29, 0.717) is 0 Å². The SMILES string of the molecule is NCCCC1CCC(c2ccccc2)CC1. The van der Waals surface area contributed by atoms with Gasteiger partial charge in [0.05, 0.1) is 0 Å². The molecule has 0 unspecified atom stereocenters. The van der Waals surface area contributed by atoms with Crippen LogP contribution in [0.5, 0.6) is 0 Å². The van der Waals surface area contributed by atoms with Crippen molar-refractivity contribution in [2.75, 3.05) is 6.54 Å². The maximum Gasteiger partial charge on any atom is -0.00772 e.